The van der Waals surface area contributed by atoms with Gasteiger partial charge < -0.3 is 15.3 Å². The summed E-state index contributed by atoms with van der Waals surface area (Å²) in [6.07, 6.45) is -0.0713. The average Bonchev–Trinajstić information content (AvgIpc) is 2.74. The Balaban J connectivity index is 1.99. The summed E-state index contributed by atoms with van der Waals surface area (Å²) >= 11 is 0. The van der Waals surface area contributed by atoms with E-state index in [9.17, 15) is 9.90 Å². The highest BCUT2D eigenvalue weighted by Crippen LogP contribution is 2.11. The lowest BCUT2D eigenvalue weighted by molar-refractivity contribution is -0.132. The minimum absolute atomic E-state index is 0.0494. The third-order valence-electron chi connectivity index (χ3n) is 3.48. The van der Waals surface area contributed by atoms with E-state index >= 15 is 0 Å². The first kappa shape index (κ1) is 13.1. The third kappa shape index (κ3) is 2.89. The van der Waals surface area contributed by atoms with Crippen LogP contribution in [0.2, 0.25) is 0 Å². The number of carbonyl (C=O) groups excluding carboxylic acids is 1. The molecule has 0 spiro atoms. The van der Waals surface area contributed by atoms with E-state index in [0.29, 0.717) is 19.5 Å². The molecule has 1 aliphatic heterocycles. The molecule has 1 heterocycles. The standard InChI is InChI=1S/C14H20N2O2/c1-10-4-3-5-11(6-10)7-14(18)16(2)12-8-15-9-13(12)17/h3-6,12-13,15,17H,7-9H2,1-2H3/t12-,13-/m1/s1. The quantitative estimate of drug-likeness (QED) is 0.810. The first-order chi connectivity index (χ1) is 8.58. The van der Waals surface area contributed by atoms with Gasteiger partial charge in [-0.05, 0) is 12.5 Å². The molecule has 0 aliphatic carbocycles. The highest BCUT2D eigenvalue weighted by Gasteiger charge is 2.30. The van der Waals surface area contributed by atoms with E-state index in [1.165, 1.54) is 0 Å². The van der Waals surface area contributed by atoms with Crippen LogP contribution in [0.1, 0.15) is 11.1 Å². The van der Waals surface area contributed by atoms with Crippen LogP contribution in [0.25, 0.3) is 0 Å². The number of amides is 1. The van der Waals surface area contributed by atoms with Gasteiger partial charge in [0.05, 0.1) is 18.6 Å². The molecule has 2 N–H and O–H groups in total. The molecule has 0 bridgehead atoms. The average molecular weight is 248 g/mol. The molecule has 4 heteroatoms. The van der Waals surface area contributed by atoms with Gasteiger partial charge >= 0.3 is 0 Å². The van der Waals surface area contributed by atoms with Crippen LogP contribution in [0, 0.1) is 6.92 Å². The van der Waals surface area contributed by atoms with E-state index < -0.39 is 6.10 Å². The predicted octanol–water partition coefficient (Wildman–Crippen LogP) is 0.329. The zero-order valence-corrected chi connectivity index (χ0v) is 10.9. The summed E-state index contributed by atoms with van der Waals surface area (Å²) in [5.74, 6) is 0.0494. The Kier molecular flexibility index (Phi) is 3.99. The van der Waals surface area contributed by atoms with E-state index in [0.717, 1.165) is 11.1 Å². The largest absolute Gasteiger partial charge is 0.390 e. The molecule has 0 unspecified atom stereocenters. The van der Waals surface area contributed by atoms with Crippen molar-refractivity contribution in [2.75, 3.05) is 20.1 Å². The number of carbonyl (C=O) groups is 1. The second-order valence-electron chi connectivity index (χ2n) is 4.96. The van der Waals surface area contributed by atoms with E-state index in [4.69, 9.17) is 0 Å². The summed E-state index contributed by atoms with van der Waals surface area (Å²) in [7, 11) is 1.76. The molecule has 1 saturated heterocycles. The summed E-state index contributed by atoms with van der Waals surface area (Å²) in [6, 6.07) is 7.85. The Morgan fingerprint density at radius 3 is 2.89 bits per heavy atom. The number of hydrogen-bond donors (Lipinski definition) is 2. The number of benzene rings is 1. The smallest absolute Gasteiger partial charge is 0.227 e. The Hall–Kier alpha value is -1.39. The lowest BCUT2D eigenvalue weighted by atomic mass is 10.1. The van der Waals surface area contributed by atoms with Gasteiger partial charge in [0.25, 0.3) is 0 Å². The van der Waals surface area contributed by atoms with Crippen molar-refractivity contribution in [3.05, 3.63) is 35.4 Å². The molecular formula is C14H20N2O2. The molecule has 0 aromatic heterocycles. The number of β-amino-alcohol motifs (C(OH)–C–C–N with tert-alkyl or cyclic N) is 1. The third-order valence-corrected chi connectivity index (χ3v) is 3.48. The van der Waals surface area contributed by atoms with Crippen LogP contribution in [0.4, 0.5) is 0 Å². The normalized spacial score (nSPS) is 23.1. The maximum Gasteiger partial charge on any atom is 0.227 e. The first-order valence-electron chi connectivity index (χ1n) is 6.28. The monoisotopic (exact) mass is 248 g/mol. The minimum atomic E-state index is -0.462. The minimum Gasteiger partial charge on any atom is -0.390 e. The Morgan fingerprint density at radius 1 is 1.50 bits per heavy atom. The molecule has 2 atom stereocenters. The van der Waals surface area contributed by atoms with E-state index in [1.807, 2.05) is 31.2 Å². The van der Waals surface area contributed by atoms with Gasteiger partial charge in [0.15, 0.2) is 0 Å². The van der Waals surface area contributed by atoms with Crippen molar-refractivity contribution in [2.24, 2.45) is 0 Å². The van der Waals surface area contributed by atoms with Crippen LogP contribution in [0.5, 0.6) is 0 Å². The first-order valence-corrected chi connectivity index (χ1v) is 6.28. The molecule has 1 fully saturated rings. The van der Waals surface area contributed by atoms with Gasteiger partial charge in [-0.15, -0.1) is 0 Å². The van der Waals surface area contributed by atoms with Gasteiger partial charge in [0, 0.05) is 20.1 Å². The maximum atomic E-state index is 12.1. The van der Waals surface area contributed by atoms with Crippen molar-refractivity contribution in [1.82, 2.24) is 10.2 Å². The number of aliphatic hydroxyl groups excluding tert-OH is 1. The number of nitrogens with one attached hydrogen (secondary N) is 1. The molecule has 18 heavy (non-hydrogen) atoms. The number of likely N-dealkylation sites (N-methyl/N-ethyl adjacent to an activating group) is 1. The van der Waals surface area contributed by atoms with Crippen molar-refractivity contribution in [3.63, 3.8) is 0 Å². The Labute approximate surface area is 108 Å². The lowest BCUT2D eigenvalue weighted by Crippen LogP contribution is -2.44. The van der Waals surface area contributed by atoms with Crippen molar-refractivity contribution >= 4 is 5.91 Å². The fourth-order valence-electron chi connectivity index (χ4n) is 2.35. The van der Waals surface area contributed by atoms with Crippen molar-refractivity contribution in [1.29, 1.82) is 0 Å². The van der Waals surface area contributed by atoms with E-state index in [2.05, 4.69) is 5.32 Å². The molecule has 1 amide bonds. The molecule has 0 saturated carbocycles. The van der Waals surface area contributed by atoms with Crippen LogP contribution in [-0.4, -0.2) is 48.2 Å². The Morgan fingerprint density at radius 2 is 2.28 bits per heavy atom. The van der Waals surface area contributed by atoms with E-state index in [1.54, 1.807) is 11.9 Å². The van der Waals surface area contributed by atoms with Gasteiger partial charge in [0.1, 0.15) is 0 Å². The molecule has 4 nitrogen and oxygen atoms in total. The predicted molar refractivity (Wildman–Crippen MR) is 70.3 cm³/mol. The second kappa shape index (κ2) is 5.50. The van der Waals surface area contributed by atoms with E-state index in [-0.39, 0.29) is 11.9 Å². The summed E-state index contributed by atoms with van der Waals surface area (Å²) in [4.78, 5) is 13.8. The highest BCUT2D eigenvalue weighted by molar-refractivity contribution is 5.79. The second-order valence-corrected chi connectivity index (χ2v) is 4.96. The SMILES string of the molecule is Cc1cccc(CC(=O)N(C)[C@@H]2CNC[C@H]2O)c1. The van der Waals surface area contributed by atoms with Crippen molar-refractivity contribution in [3.8, 4) is 0 Å². The summed E-state index contributed by atoms with van der Waals surface area (Å²) in [6.45, 7) is 3.24. The van der Waals surface area contributed by atoms with Crippen LogP contribution in [0.15, 0.2) is 24.3 Å². The van der Waals surface area contributed by atoms with Gasteiger partial charge in [-0.3, -0.25) is 4.79 Å². The number of aliphatic hydroxyl groups is 1. The molecule has 0 radical (unpaired) electrons. The van der Waals surface area contributed by atoms with Crippen LogP contribution >= 0.6 is 0 Å². The summed E-state index contributed by atoms with van der Waals surface area (Å²) in [5.41, 5.74) is 2.18. The molecular weight excluding hydrogens is 228 g/mol. The zero-order chi connectivity index (χ0) is 13.1. The van der Waals surface area contributed by atoms with Gasteiger partial charge in [-0.2, -0.15) is 0 Å². The topological polar surface area (TPSA) is 52.6 Å². The number of aryl methyl sites for hydroxylation is 1. The van der Waals surface area contributed by atoms with Crippen molar-refractivity contribution in [2.45, 2.75) is 25.5 Å². The summed E-state index contributed by atoms with van der Waals surface area (Å²) < 4.78 is 0. The summed E-state index contributed by atoms with van der Waals surface area (Å²) in [5, 5.41) is 12.8. The molecule has 98 valence electrons. The number of rotatable bonds is 3. The maximum absolute atomic E-state index is 12.1. The molecule has 1 aromatic carbocycles. The van der Waals surface area contributed by atoms with Crippen molar-refractivity contribution < 1.29 is 9.90 Å². The Bertz CT molecular complexity index is 434. The van der Waals surface area contributed by atoms with Gasteiger partial charge in [-0.25, -0.2) is 0 Å². The fraction of sp³-hybridized carbons (Fsp3) is 0.500. The van der Waals surface area contributed by atoms with Crippen LogP contribution < -0.4 is 5.32 Å². The molecule has 1 aliphatic rings. The van der Waals surface area contributed by atoms with Crippen LogP contribution in [-0.2, 0) is 11.2 Å². The van der Waals surface area contributed by atoms with Gasteiger partial charge in [0.2, 0.25) is 5.91 Å². The molecule has 2 rings (SSSR count). The number of nitrogens with zero attached hydrogens (tertiary/aromatic N) is 1. The fourth-order valence-corrected chi connectivity index (χ4v) is 2.35. The molecule has 1 aromatic rings. The lowest BCUT2D eigenvalue weighted by Gasteiger charge is -2.26. The van der Waals surface area contributed by atoms with Crippen LogP contribution in [0.3, 0.4) is 0 Å². The highest BCUT2D eigenvalue weighted by atomic mass is 16.3. The van der Waals surface area contributed by atoms with Gasteiger partial charge in [-0.1, -0.05) is 29.8 Å². The number of hydrogen-bond acceptors (Lipinski definition) is 3. The zero-order valence-electron chi connectivity index (χ0n) is 10.9.